The number of hydrogen-bond donors (Lipinski definition) is 0. The van der Waals surface area contributed by atoms with Gasteiger partial charge in [0.25, 0.3) is 5.91 Å². The Labute approximate surface area is 123 Å². The van der Waals surface area contributed by atoms with Crippen molar-refractivity contribution < 1.29 is 14.5 Å². The molecule has 2 heterocycles. The van der Waals surface area contributed by atoms with Crippen molar-refractivity contribution in [3.8, 4) is 5.75 Å². The van der Waals surface area contributed by atoms with E-state index < -0.39 is 11.0 Å². The molecule has 21 heavy (non-hydrogen) atoms. The number of likely N-dealkylation sites (tertiary alicyclic amines) is 1. The molecule has 114 valence electrons. The second-order valence-electron chi connectivity index (χ2n) is 5.08. The lowest BCUT2D eigenvalue weighted by molar-refractivity contribution is -0.390. The number of carbonyl (C=O) groups excluding carboxylic acids is 1. The number of rotatable bonds is 4. The first-order chi connectivity index (χ1) is 10.1. The molecule has 1 aliphatic rings. The lowest BCUT2D eigenvalue weighted by Gasteiger charge is -2.24. The summed E-state index contributed by atoms with van der Waals surface area (Å²) in [6.07, 6.45) is 4.81. The van der Waals surface area contributed by atoms with Gasteiger partial charge >= 0.3 is 5.82 Å². The summed E-state index contributed by atoms with van der Waals surface area (Å²) in [6, 6.07) is 3.00. The summed E-state index contributed by atoms with van der Waals surface area (Å²) < 4.78 is 5.47. The van der Waals surface area contributed by atoms with Gasteiger partial charge in [0.1, 0.15) is 6.20 Å². The molecule has 1 atom stereocenters. The molecule has 1 aromatic rings. The van der Waals surface area contributed by atoms with E-state index in [2.05, 4.69) is 4.98 Å². The van der Waals surface area contributed by atoms with E-state index in [0.29, 0.717) is 0 Å². The Morgan fingerprint density at radius 2 is 2.05 bits per heavy atom. The van der Waals surface area contributed by atoms with Gasteiger partial charge in [0.15, 0.2) is 6.10 Å². The van der Waals surface area contributed by atoms with Gasteiger partial charge in [-0.05, 0) is 41.8 Å². The summed E-state index contributed by atoms with van der Waals surface area (Å²) in [5, 5.41) is 10.9. The summed E-state index contributed by atoms with van der Waals surface area (Å²) in [5.41, 5.74) is 0. The van der Waals surface area contributed by atoms with Crippen LogP contribution in [0.4, 0.5) is 5.82 Å². The number of pyridine rings is 1. The first kappa shape index (κ1) is 15.2. The summed E-state index contributed by atoms with van der Waals surface area (Å²) in [4.78, 5) is 28.1. The highest BCUT2D eigenvalue weighted by Gasteiger charge is 2.25. The molecule has 0 N–H and O–H groups in total. The Balaban J connectivity index is 2.05. The SMILES string of the molecule is CC(Oc1cccnc1[N+](=O)[O-])C(=O)N1CCCCCC1. The summed E-state index contributed by atoms with van der Waals surface area (Å²) >= 11 is 0. The molecule has 0 radical (unpaired) electrons. The second-order valence-corrected chi connectivity index (χ2v) is 5.08. The molecule has 0 saturated carbocycles. The van der Waals surface area contributed by atoms with Crippen molar-refractivity contribution in [1.29, 1.82) is 0 Å². The van der Waals surface area contributed by atoms with Crippen molar-refractivity contribution in [3.05, 3.63) is 28.4 Å². The zero-order valence-corrected chi connectivity index (χ0v) is 12.0. The molecule has 7 nitrogen and oxygen atoms in total. The summed E-state index contributed by atoms with van der Waals surface area (Å²) in [6.45, 7) is 3.06. The van der Waals surface area contributed by atoms with Gasteiger partial charge in [-0.25, -0.2) is 0 Å². The number of nitrogens with zero attached hydrogens (tertiary/aromatic N) is 3. The molecule has 0 bridgehead atoms. The van der Waals surface area contributed by atoms with E-state index in [1.165, 1.54) is 12.3 Å². The van der Waals surface area contributed by atoms with E-state index in [1.807, 2.05) is 0 Å². The molecule has 1 fully saturated rings. The van der Waals surface area contributed by atoms with Crippen LogP contribution < -0.4 is 4.74 Å². The lowest BCUT2D eigenvalue weighted by Crippen LogP contribution is -2.41. The van der Waals surface area contributed by atoms with E-state index >= 15 is 0 Å². The number of nitro groups is 1. The first-order valence-electron chi connectivity index (χ1n) is 7.14. The van der Waals surface area contributed by atoms with Crippen molar-refractivity contribution in [3.63, 3.8) is 0 Å². The lowest BCUT2D eigenvalue weighted by atomic mass is 10.2. The Bertz CT molecular complexity index is 513. The highest BCUT2D eigenvalue weighted by atomic mass is 16.6. The minimum atomic E-state index is -0.758. The smallest absolute Gasteiger partial charge is 0.406 e. The highest BCUT2D eigenvalue weighted by Crippen LogP contribution is 2.24. The van der Waals surface area contributed by atoms with Crippen LogP contribution in [0.1, 0.15) is 32.6 Å². The van der Waals surface area contributed by atoms with Crippen LogP contribution in [0.2, 0.25) is 0 Å². The van der Waals surface area contributed by atoms with Crippen LogP contribution >= 0.6 is 0 Å². The number of ether oxygens (including phenoxy) is 1. The Hall–Kier alpha value is -2.18. The van der Waals surface area contributed by atoms with E-state index in [4.69, 9.17) is 4.74 Å². The molecular formula is C14H19N3O4. The highest BCUT2D eigenvalue weighted by molar-refractivity contribution is 5.81. The third-order valence-corrected chi connectivity index (χ3v) is 3.49. The van der Waals surface area contributed by atoms with Gasteiger partial charge in [-0.3, -0.25) is 4.79 Å². The van der Waals surface area contributed by atoms with Crippen molar-refractivity contribution in [2.24, 2.45) is 0 Å². The Morgan fingerprint density at radius 3 is 2.67 bits per heavy atom. The molecule has 1 saturated heterocycles. The fraction of sp³-hybridized carbons (Fsp3) is 0.571. The maximum absolute atomic E-state index is 12.3. The average Bonchev–Trinajstić information content (AvgIpc) is 2.75. The van der Waals surface area contributed by atoms with Gasteiger partial charge in [0.2, 0.25) is 5.75 Å². The maximum Gasteiger partial charge on any atom is 0.406 e. The molecule has 1 unspecified atom stereocenters. The summed E-state index contributed by atoms with van der Waals surface area (Å²) in [5.74, 6) is -0.471. The molecule has 0 aromatic carbocycles. The van der Waals surface area contributed by atoms with Crippen molar-refractivity contribution >= 4 is 11.7 Å². The quantitative estimate of drug-likeness (QED) is 0.627. The number of aromatic nitrogens is 1. The van der Waals surface area contributed by atoms with Gasteiger partial charge in [0.05, 0.1) is 0 Å². The fourth-order valence-electron chi connectivity index (χ4n) is 2.40. The number of carbonyl (C=O) groups is 1. The third-order valence-electron chi connectivity index (χ3n) is 3.49. The van der Waals surface area contributed by atoms with Gasteiger partial charge in [0, 0.05) is 13.1 Å². The molecule has 0 aliphatic carbocycles. The van der Waals surface area contributed by atoms with Crippen LogP contribution in [0.5, 0.6) is 5.75 Å². The molecular weight excluding hydrogens is 274 g/mol. The van der Waals surface area contributed by atoms with Crippen LogP contribution in [0.15, 0.2) is 18.3 Å². The Morgan fingerprint density at radius 1 is 1.38 bits per heavy atom. The fourth-order valence-corrected chi connectivity index (χ4v) is 2.40. The van der Waals surface area contributed by atoms with E-state index in [9.17, 15) is 14.9 Å². The van der Waals surface area contributed by atoms with E-state index in [1.54, 1.807) is 17.9 Å². The molecule has 7 heteroatoms. The zero-order valence-electron chi connectivity index (χ0n) is 12.0. The van der Waals surface area contributed by atoms with Gasteiger partial charge < -0.3 is 19.8 Å². The predicted octanol–water partition coefficient (Wildman–Crippen LogP) is 2.16. The standard InChI is InChI=1S/C14H19N3O4/c1-11(14(18)16-9-4-2-3-5-10-16)21-12-7-6-8-15-13(12)17(19)20/h6-8,11H,2-5,9-10H2,1H3. The van der Waals surface area contributed by atoms with E-state index in [0.717, 1.165) is 38.8 Å². The maximum atomic E-state index is 12.3. The summed E-state index contributed by atoms with van der Waals surface area (Å²) in [7, 11) is 0. The van der Waals surface area contributed by atoms with E-state index in [-0.39, 0.29) is 17.5 Å². The zero-order chi connectivity index (χ0) is 15.2. The molecule has 1 aromatic heterocycles. The third kappa shape index (κ3) is 3.90. The molecule has 2 rings (SSSR count). The Kier molecular flexibility index (Phi) is 5.08. The first-order valence-corrected chi connectivity index (χ1v) is 7.14. The molecule has 1 aliphatic heterocycles. The van der Waals surface area contributed by atoms with Crippen molar-refractivity contribution in [2.45, 2.75) is 38.7 Å². The normalized spacial score (nSPS) is 16.9. The van der Waals surface area contributed by atoms with Crippen LogP contribution in [0, 0.1) is 10.1 Å². The van der Waals surface area contributed by atoms with Crippen molar-refractivity contribution in [2.75, 3.05) is 13.1 Å². The second kappa shape index (κ2) is 7.01. The minimum absolute atomic E-state index is 0.0261. The van der Waals surface area contributed by atoms with Crippen LogP contribution in [0.3, 0.4) is 0 Å². The molecule has 1 amide bonds. The van der Waals surface area contributed by atoms with Gasteiger partial charge in [-0.2, -0.15) is 0 Å². The number of hydrogen-bond acceptors (Lipinski definition) is 5. The largest absolute Gasteiger partial charge is 0.473 e. The topological polar surface area (TPSA) is 85.6 Å². The van der Waals surface area contributed by atoms with Gasteiger partial charge in [-0.15, -0.1) is 0 Å². The van der Waals surface area contributed by atoms with Crippen LogP contribution in [0.25, 0.3) is 0 Å². The van der Waals surface area contributed by atoms with Crippen LogP contribution in [-0.2, 0) is 4.79 Å². The molecule has 0 spiro atoms. The average molecular weight is 293 g/mol. The predicted molar refractivity (Wildman–Crippen MR) is 76.0 cm³/mol. The van der Waals surface area contributed by atoms with Gasteiger partial charge in [-0.1, -0.05) is 12.8 Å². The number of amides is 1. The monoisotopic (exact) mass is 293 g/mol. The van der Waals surface area contributed by atoms with Crippen LogP contribution in [-0.4, -0.2) is 39.9 Å². The minimum Gasteiger partial charge on any atom is -0.473 e. The van der Waals surface area contributed by atoms with Crippen molar-refractivity contribution in [1.82, 2.24) is 9.88 Å².